The van der Waals surface area contributed by atoms with Gasteiger partial charge in [0.25, 0.3) is 11.5 Å². The summed E-state index contributed by atoms with van der Waals surface area (Å²) in [6.45, 7) is -0.645. The molecule has 32 heavy (non-hydrogen) atoms. The number of halogens is 1. The van der Waals surface area contributed by atoms with E-state index < -0.39 is 29.8 Å². The van der Waals surface area contributed by atoms with Crippen molar-refractivity contribution in [2.75, 3.05) is 5.32 Å². The summed E-state index contributed by atoms with van der Waals surface area (Å²) in [4.78, 5) is 44.9. The molecule has 0 saturated carbocycles. The van der Waals surface area contributed by atoms with E-state index in [2.05, 4.69) is 15.3 Å². The van der Waals surface area contributed by atoms with Crippen LogP contribution in [0.2, 0.25) is 0 Å². The zero-order valence-corrected chi connectivity index (χ0v) is 16.4. The molecule has 4 aromatic rings. The molecule has 0 bridgehead atoms. The molecule has 2 N–H and O–H groups in total. The third-order valence-corrected chi connectivity index (χ3v) is 4.43. The molecule has 4 rings (SSSR count). The maximum absolute atomic E-state index is 13.4. The molecule has 2 aromatic heterocycles. The second-order valence-corrected chi connectivity index (χ2v) is 6.65. The van der Waals surface area contributed by atoms with Gasteiger partial charge in [0.1, 0.15) is 30.1 Å². The van der Waals surface area contributed by atoms with Gasteiger partial charge in [-0.15, -0.1) is 0 Å². The molecule has 0 spiro atoms. The molecule has 9 nitrogen and oxygen atoms in total. The lowest BCUT2D eigenvalue weighted by Crippen LogP contribution is -2.30. The number of nitrogens with one attached hydrogen (secondary N) is 1. The Morgan fingerprint density at radius 2 is 1.84 bits per heavy atom. The van der Waals surface area contributed by atoms with Gasteiger partial charge in [0, 0.05) is 11.1 Å². The summed E-state index contributed by atoms with van der Waals surface area (Å²) in [6.07, 6.45) is 2.21. The average molecular weight is 434 g/mol. The minimum atomic E-state index is -1.24. The maximum Gasteiger partial charge on any atom is 0.323 e. The zero-order valence-electron chi connectivity index (χ0n) is 16.4. The van der Waals surface area contributed by atoms with Crippen LogP contribution in [0.3, 0.4) is 0 Å². The van der Waals surface area contributed by atoms with E-state index in [1.165, 1.54) is 18.2 Å². The zero-order chi connectivity index (χ0) is 22.7. The standard InChI is InChI=1S/C22H15FN4O5/c23-15-8-4-7-14(9-15)21-26-17(12-32-21)20(30)25-16-10-24-19(13-5-2-1-3-6-13)27(22(16)31)11-18(28)29/h1-10,12H,11H2,(H,25,30)(H,28,29). The average Bonchev–Trinajstić information content (AvgIpc) is 3.27. The number of aromatic nitrogens is 3. The predicted octanol–water partition coefficient (Wildman–Crippen LogP) is 3.04. The van der Waals surface area contributed by atoms with Gasteiger partial charge in [-0.1, -0.05) is 36.4 Å². The van der Waals surface area contributed by atoms with Gasteiger partial charge in [-0.05, 0) is 18.2 Å². The molecule has 0 aliphatic heterocycles. The van der Waals surface area contributed by atoms with Gasteiger partial charge in [0.15, 0.2) is 5.69 Å². The SMILES string of the molecule is O=C(O)Cn1c(-c2ccccc2)ncc(NC(=O)c2coc(-c3cccc(F)c3)n2)c1=O. The van der Waals surface area contributed by atoms with Gasteiger partial charge in [0.2, 0.25) is 5.89 Å². The molecule has 2 aromatic carbocycles. The molecule has 160 valence electrons. The van der Waals surface area contributed by atoms with E-state index >= 15 is 0 Å². The number of carboxylic acid groups (broad SMARTS) is 1. The van der Waals surface area contributed by atoms with Crippen LogP contribution < -0.4 is 10.9 Å². The number of nitrogens with zero attached hydrogens (tertiary/aromatic N) is 3. The second kappa shape index (κ2) is 8.64. The van der Waals surface area contributed by atoms with E-state index in [1.807, 2.05) is 0 Å². The van der Waals surface area contributed by atoms with Crippen molar-refractivity contribution in [1.82, 2.24) is 14.5 Å². The number of oxazole rings is 1. The van der Waals surface area contributed by atoms with Crippen molar-refractivity contribution in [3.63, 3.8) is 0 Å². The first-order valence-electron chi connectivity index (χ1n) is 9.32. The van der Waals surface area contributed by atoms with Crippen molar-refractivity contribution in [3.8, 4) is 22.8 Å². The van der Waals surface area contributed by atoms with Crippen molar-refractivity contribution in [3.05, 3.63) is 88.9 Å². The van der Waals surface area contributed by atoms with Crippen LogP contribution in [0.1, 0.15) is 10.5 Å². The predicted molar refractivity (Wildman–Crippen MR) is 111 cm³/mol. The Hall–Kier alpha value is -4.60. The first kappa shape index (κ1) is 20.7. The molecule has 0 fully saturated rings. The lowest BCUT2D eigenvalue weighted by atomic mass is 10.2. The Labute approximate surface area is 179 Å². The number of anilines is 1. The topological polar surface area (TPSA) is 127 Å². The molecule has 0 unspecified atom stereocenters. The molecular formula is C22H15FN4O5. The Morgan fingerprint density at radius 3 is 2.56 bits per heavy atom. The fourth-order valence-corrected chi connectivity index (χ4v) is 3.00. The van der Waals surface area contributed by atoms with Gasteiger partial charge in [-0.25, -0.2) is 14.4 Å². The normalized spacial score (nSPS) is 10.7. The highest BCUT2D eigenvalue weighted by Gasteiger charge is 2.19. The first-order chi connectivity index (χ1) is 15.4. The molecule has 0 saturated heterocycles. The summed E-state index contributed by atoms with van der Waals surface area (Å²) >= 11 is 0. The maximum atomic E-state index is 13.4. The van der Waals surface area contributed by atoms with Crippen LogP contribution in [0.25, 0.3) is 22.8 Å². The summed E-state index contributed by atoms with van der Waals surface area (Å²) in [5.74, 6) is -2.34. The fraction of sp³-hybridized carbons (Fsp3) is 0.0455. The van der Waals surface area contributed by atoms with Gasteiger partial charge in [-0.2, -0.15) is 0 Å². The van der Waals surface area contributed by atoms with Crippen molar-refractivity contribution >= 4 is 17.6 Å². The summed E-state index contributed by atoms with van der Waals surface area (Å²) in [7, 11) is 0. The summed E-state index contributed by atoms with van der Waals surface area (Å²) in [5, 5.41) is 11.6. The molecule has 0 aliphatic rings. The molecular weight excluding hydrogens is 419 g/mol. The second-order valence-electron chi connectivity index (χ2n) is 6.65. The lowest BCUT2D eigenvalue weighted by molar-refractivity contribution is -0.137. The third-order valence-electron chi connectivity index (χ3n) is 4.43. The van der Waals surface area contributed by atoms with Crippen molar-refractivity contribution in [2.24, 2.45) is 0 Å². The van der Waals surface area contributed by atoms with Crippen molar-refractivity contribution in [2.45, 2.75) is 6.54 Å². The molecule has 0 atom stereocenters. The van der Waals surface area contributed by atoms with Gasteiger partial charge >= 0.3 is 5.97 Å². The quantitative estimate of drug-likeness (QED) is 0.477. The number of carboxylic acids is 1. The molecule has 1 amide bonds. The van der Waals surface area contributed by atoms with E-state index in [9.17, 15) is 23.9 Å². The van der Waals surface area contributed by atoms with Crippen LogP contribution in [-0.4, -0.2) is 31.5 Å². The smallest absolute Gasteiger partial charge is 0.323 e. The largest absolute Gasteiger partial charge is 0.480 e. The van der Waals surface area contributed by atoms with Gasteiger partial charge in [0.05, 0.1) is 6.20 Å². The number of rotatable bonds is 6. The van der Waals surface area contributed by atoms with Crippen molar-refractivity contribution in [1.29, 1.82) is 0 Å². The molecule has 0 aliphatic carbocycles. The molecule has 2 heterocycles. The van der Waals surface area contributed by atoms with E-state index in [0.717, 1.165) is 17.0 Å². The van der Waals surface area contributed by atoms with E-state index in [0.29, 0.717) is 11.1 Å². The number of carbonyl (C=O) groups is 2. The van der Waals surface area contributed by atoms with Gasteiger partial charge < -0.3 is 14.8 Å². The first-order valence-corrected chi connectivity index (χ1v) is 9.32. The van der Waals surface area contributed by atoms with Crippen LogP contribution in [0, 0.1) is 5.82 Å². The number of carbonyl (C=O) groups excluding carboxylic acids is 1. The summed E-state index contributed by atoms with van der Waals surface area (Å²) in [5.41, 5.74) is -0.253. The number of hydrogen-bond donors (Lipinski definition) is 2. The van der Waals surface area contributed by atoms with E-state index in [4.69, 9.17) is 4.42 Å². The minimum Gasteiger partial charge on any atom is -0.480 e. The monoisotopic (exact) mass is 434 g/mol. The number of amides is 1. The highest BCUT2D eigenvalue weighted by molar-refractivity contribution is 6.02. The Bertz CT molecular complexity index is 1360. The highest BCUT2D eigenvalue weighted by Crippen LogP contribution is 2.20. The van der Waals surface area contributed by atoms with Crippen LogP contribution in [0.5, 0.6) is 0 Å². The third kappa shape index (κ3) is 4.29. The number of aliphatic carboxylic acids is 1. The Morgan fingerprint density at radius 1 is 1.09 bits per heavy atom. The summed E-state index contributed by atoms with van der Waals surface area (Å²) < 4.78 is 19.6. The van der Waals surface area contributed by atoms with Gasteiger partial charge in [-0.3, -0.25) is 19.0 Å². The van der Waals surface area contributed by atoms with Crippen LogP contribution in [0.4, 0.5) is 10.1 Å². The molecule has 10 heteroatoms. The fourth-order valence-electron chi connectivity index (χ4n) is 3.00. The minimum absolute atomic E-state index is 0.0236. The number of hydrogen-bond acceptors (Lipinski definition) is 6. The Balaban J connectivity index is 1.64. The van der Waals surface area contributed by atoms with Crippen molar-refractivity contribution < 1.29 is 23.5 Å². The van der Waals surface area contributed by atoms with E-state index in [1.54, 1.807) is 36.4 Å². The summed E-state index contributed by atoms with van der Waals surface area (Å²) in [6, 6.07) is 14.1. The van der Waals surface area contributed by atoms with Crippen LogP contribution in [0.15, 0.2) is 76.3 Å². The van der Waals surface area contributed by atoms with Crippen LogP contribution >= 0.6 is 0 Å². The van der Waals surface area contributed by atoms with Crippen LogP contribution in [-0.2, 0) is 11.3 Å². The van der Waals surface area contributed by atoms with E-state index in [-0.39, 0.29) is 23.1 Å². The Kier molecular flexibility index (Phi) is 5.58. The lowest BCUT2D eigenvalue weighted by Gasteiger charge is -2.12. The highest BCUT2D eigenvalue weighted by atomic mass is 19.1. The molecule has 0 radical (unpaired) electrons. The number of benzene rings is 2.